The number of aryl methyl sites for hydroxylation is 1. The predicted molar refractivity (Wildman–Crippen MR) is 230 cm³/mol. The van der Waals surface area contributed by atoms with E-state index in [4.69, 9.17) is 0 Å². The molecule has 0 unspecified atom stereocenters. The minimum Gasteiger partial charge on any atom is -0.310 e. The van der Waals surface area contributed by atoms with Crippen LogP contribution in [0, 0.1) is 6.92 Å². The van der Waals surface area contributed by atoms with Crippen molar-refractivity contribution in [3.8, 4) is 0 Å². The molecule has 4 heteroatoms. The lowest BCUT2D eigenvalue weighted by Crippen LogP contribution is -2.37. The van der Waals surface area contributed by atoms with Gasteiger partial charge in [0, 0.05) is 34.1 Å². The molecule has 0 bridgehead atoms. The van der Waals surface area contributed by atoms with Crippen LogP contribution in [-0.2, 0) is 0 Å². The minimum atomic E-state index is -1.42. The maximum absolute atomic E-state index is 2.41. The molecule has 8 rings (SSSR count). The highest BCUT2D eigenvalue weighted by molar-refractivity contribution is 6.89. The molecule has 51 heavy (non-hydrogen) atoms. The van der Waals surface area contributed by atoms with Crippen molar-refractivity contribution in [3.05, 3.63) is 157 Å². The smallest absolute Gasteiger partial charge is 0.0775 e. The van der Waals surface area contributed by atoms with E-state index in [9.17, 15) is 0 Å². The number of para-hydroxylation sites is 2. The second kappa shape index (κ2) is 12.6. The summed E-state index contributed by atoms with van der Waals surface area (Å²) in [6, 6.07) is 56.7. The first-order valence-corrected chi connectivity index (χ1v) is 25.1. The molecule has 2 nitrogen and oxygen atoms in total. The molecule has 0 aliphatic carbocycles. The molecule has 0 heterocycles. The normalized spacial score (nSPS) is 12.2. The Balaban J connectivity index is 1.29. The van der Waals surface area contributed by atoms with Crippen molar-refractivity contribution >= 4 is 93.0 Å². The SMILES string of the molecule is Cc1cc2cc(N(c3ccccc3)c3ccc([Si](C)(C)C)cc3)cc3ccc4cc(N(c5ccccc5)c5ccc([Si](C)(C)C)cc5)cc1c4c32. The van der Waals surface area contributed by atoms with Gasteiger partial charge in [-0.2, -0.15) is 0 Å². The number of anilines is 6. The summed E-state index contributed by atoms with van der Waals surface area (Å²) in [6.07, 6.45) is 0. The first-order valence-electron chi connectivity index (χ1n) is 18.1. The number of hydrogen-bond acceptors (Lipinski definition) is 2. The van der Waals surface area contributed by atoms with Crippen molar-refractivity contribution in [3.63, 3.8) is 0 Å². The summed E-state index contributed by atoms with van der Waals surface area (Å²) in [5.41, 5.74) is 8.30. The van der Waals surface area contributed by atoms with Gasteiger partial charge in [0.2, 0.25) is 0 Å². The van der Waals surface area contributed by atoms with Gasteiger partial charge in [-0.3, -0.25) is 0 Å². The molecule has 0 amide bonds. The van der Waals surface area contributed by atoms with Gasteiger partial charge in [0.25, 0.3) is 0 Å². The van der Waals surface area contributed by atoms with Crippen LogP contribution in [0.25, 0.3) is 32.3 Å². The van der Waals surface area contributed by atoms with Crippen LogP contribution >= 0.6 is 0 Å². The molecular weight excluding hydrogens is 649 g/mol. The Bertz CT molecular complexity index is 2480. The second-order valence-electron chi connectivity index (χ2n) is 16.1. The topological polar surface area (TPSA) is 6.48 Å². The van der Waals surface area contributed by atoms with Crippen molar-refractivity contribution in [2.45, 2.75) is 46.2 Å². The van der Waals surface area contributed by atoms with Crippen molar-refractivity contribution in [2.24, 2.45) is 0 Å². The number of nitrogens with zero attached hydrogens (tertiary/aromatic N) is 2. The molecule has 0 N–H and O–H groups in total. The first kappa shape index (κ1) is 33.0. The third kappa shape index (κ3) is 6.13. The van der Waals surface area contributed by atoms with Crippen molar-refractivity contribution < 1.29 is 0 Å². The van der Waals surface area contributed by atoms with Crippen molar-refractivity contribution in [2.75, 3.05) is 9.80 Å². The van der Waals surface area contributed by atoms with Crippen LogP contribution in [0.3, 0.4) is 0 Å². The third-order valence-corrected chi connectivity index (χ3v) is 14.5. The lowest BCUT2D eigenvalue weighted by atomic mass is 9.90. The molecule has 252 valence electrons. The summed E-state index contributed by atoms with van der Waals surface area (Å²) >= 11 is 0. The fourth-order valence-electron chi connectivity index (χ4n) is 7.59. The molecule has 0 saturated heterocycles. The molecule has 0 fully saturated rings. The highest BCUT2D eigenvalue weighted by atomic mass is 28.3. The van der Waals surface area contributed by atoms with E-state index in [2.05, 4.69) is 208 Å². The van der Waals surface area contributed by atoms with Gasteiger partial charge in [-0.05, 0) is 118 Å². The summed E-state index contributed by atoms with van der Waals surface area (Å²) in [5.74, 6) is 0. The van der Waals surface area contributed by atoms with E-state index >= 15 is 0 Å². The van der Waals surface area contributed by atoms with Gasteiger partial charge < -0.3 is 9.80 Å². The summed E-state index contributed by atoms with van der Waals surface area (Å²) in [7, 11) is -2.83. The highest BCUT2D eigenvalue weighted by Gasteiger charge is 2.22. The summed E-state index contributed by atoms with van der Waals surface area (Å²) in [5, 5.41) is 10.7. The fourth-order valence-corrected chi connectivity index (χ4v) is 9.93. The minimum absolute atomic E-state index is 1.16. The van der Waals surface area contributed by atoms with Crippen LogP contribution in [0.5, 0.6) is 0 Å². The first-order chi connectivity index (χ1) is 24.5. The zero-order chi connectivity index (χ0) is 35.5. The van der Waals surface area contributed by atoms with Gasteiger partial charge in [-0.15, -0.1) is 0 Å². The molecule has 0 aliphatic rings. The number of rotatable bonds is 8. The number of benzene rings is 8. The van der Waals surface area contributed by atoms with Gasteiger partial charge in [0.15, 0.2) is 0 Å². The molecule has 0 spiro atoms. The third-order valence-electron chi connectivity index (χ3n) is 10.4. The maximum atomic E-state index is 2.41. The molecule has 0 atom stereocenters. The largest absolute Gasteiger partial charge is 0.310 e. The van der Waals surface area contributed by atoms with Gasteiger partial charge in [0.1, 0.15) is 0 Å². The lowest BCUT2D eigenvalue weighted by molar-refractivity contribution is 1.29. The molecule has 8 aromatic rings. The molecule has 0 aliphatic heterocycles. The van der Waals surface area contributed by atoms with Crippen LogP contribution in [0.4, 0.5) is 34.1 Å². The van der Waals surface area contributed by atoms with Crippen LogP contribution < -0.4 is 20.2 Å². The van der Waals surface area contributed by atoms with Crippen LogP contribution in [0.15, 0.2) is 152 Å². The molecule has 0 saturated carbocycles. The Morgan fingerprint density at radius 3 is 1.20 bits per heavy atom. The average Bonchev–Trinajstić information content (AvgIpc) is 3.12. The van der Waals surface area contributed by atoms with Gasteiger partial charge >= 0.3 is 0 Å². The zero-order valence-corrected chi connectivity index (χ0v) is 32.8. The average molecular weight is 695 g/mol. The maximum Gasteiger partial charge on any atom is 0.0775 e. The number of hydrogen-bond donors (Lipinski definition) is 0. The van der Waals surface area contributed by atoms with Gasteiger partial charge in [0.05, 0.1) is 16.1 Å². The van der Waals surface area contributed by atoms with Crippen LogP contribution in [-0.4, -0.2) is 16.1 Å². The Morgan fingerprint density at radius 1 is 0.353 bits per heavy atom. The molecule has 0 aromatic heterocycles. The Morgan fingerprint density at radius 2 is 0.745 bits per heavy atom. The van der Waals surface area contributed by atoms with E-state index in [1.54, 1.807) is 0 Å². The summed E-state index contributed by atoms with van der Waals surface area (Å²) in [6.45, 7) is 16.7. The Labute approximate surface area is 305 Å². The van der Waals surface area contributed by atoms with Gasteiger partial charge in [-0.1, -0.05) is 129 Å². The monoisotopic (exact) mass is 694 g/mol. The van der Waals surface area contributed by atoms with Crippen LogP contribution in [0.2, 0.25) is 39.3 Å². The van der Waals surface area contributed by atoms with Crippen LogP contribution in [0.1, 0.15) is 5.56 Å². The predicted octanol–water partition coefficient (Wildman–Crippen LogP) is 12.9. The zero-order valence-electron chi connectivity index (χ0n) is 30.8. The quantitative estimate of drug-likeness (QED) is 0.115. The molecule has 8 aromatic carbocycles. The fraction of sp³-hybridized carbons (Fsp3) is 0.149. The summed E-state index contributed by atoms with van der Waals surface area (Å²) in [4.78, 5) is 4.81. The Kier molecular flexibility index (Phi) is 8.12. The lowest BCUT2D eigenvalue weighted by Gasteiger charge is -2.29. The van der Waals surface area contributed by atoms with Crippen molar-refractivity contribution in [1.29, 1.82) is 0 Å². The van der Waals surface area contributed by atoms with E-state index < -0.39 is 16.1 Å². The van der Waals surface area contributed by atoms with E-state index in [-0.39, 0.29) is 0 Å². The Hall–Kier alpha value is -5.17. The molecular formula is C47H46N2Si2. The molecule has 0 radical (unpaired) electrons. The van der Waals surface area contributed by atoms with Crippen molar-refractivity contribution in [1.82, 2.24) is 0 Å². The van der Waals surface area contributed by atoms with E-state index in [1.165, 1.54) is 71.0 Å². The van der Waals surface area contributed by atoms with E-state index in [0.717, 1.165) is 11.4 Å². The second-order valence-corrected chi connectivity index (χ2v) is 26.2. The standard InChI is InChI=1S/C47H46N2Si2/c1-33-28-36-31-41(48(37-14-10-8-11-15-37)39-20-24-43(25-21-39)50(2,3)4)29-34-18-19-35-30-42(32-45(33)47(35)46(34)36)49(38-16-12-9-13-17-38)40-22-26-44(27-23-40)51(5,6)7/h8-32H,1-7H3. The summed E-state index contributed by atoms with van der Waals surface area (Å²) < 4.78 is 0. The highest BCUT2D eigenvalue weighted by Crippen LogP contribution is 2.45. The van der Waals surface area contributed by atoms with E-state index in [1.807, 2.05) is 0 Å². The van der Waals surface area contributed by atoms with E-state index in [0.29, 0.717) is 0 Å². The van der Waals surface area contributed by atoms with Gasteiger partial charge in [-0.25, -0.2) is 0 Å².